The van der Waals surface area contributed by atoms with Gasteiger partial charge >= 0.3 is 0 Å². The monoisotopic (exact) mass is 372 g/mol. The molecule has 0 radical (unpaired) electrons. The number of aromatic nitrogens is 3. The lowest BCUT2D eigenvalue weighted by Crippen LogP contribution is -2.34. The summed E-state index contributed by atoms with van der Waals surface area (Å²) in [6.45, 7) is 4.04. The van der Waals surface area contributed by atoms with Gasteiger partial charge in [-0.25, -0.2) is 4.98 Å². The lowest BCUT2D eigenvalue weighted by molar-refractivity contribution is 0.0930. The summed E-state index contributed by atoms with van der Waals surface area (Å²) in [6.07, 6.45) is 5.02. The Morgan fingerprint density at radius 3 is 2.58 bits per heavy atom. The summed E-state index contributed by atoms with van der Waals surface area (Å²) in [7, 11) is 1.67. The normalized spacial score (nSPS) is 11.3. The topological polar surface area (TPSA) is 68.4 Å². The van der Waals surface area contributed by atoms with Gasteiger partial charge in [0.15, 0.2) is 0 Å². The van der Waals surface area contributed by atoms with E-state index in [2.05, 4.69) is 10.3 Å². The third kappa shape index (κ3) is 3.24. The van der Waals surface area contributed by atoms with E-state index < -0.39 is 0 Å². The van der Waals surface area contributed by atoms with Gasteiger partial charge in [0.2, 0.25) is 5.65 Å². The van der Waals surface area contributed by atoms with E-state index in [1.165, 1.54) is 4.57 Å². The van der Waals surface area contributed by atoms with Crippen molar-refractivity contribution >= 4 is 23.2 Å². The molecule has 1 amide bonds. The molecular weight excluding hydrogens is 352 g/mol. The van der Waals surface area contributed by atoms with Crippen LogP contribution in [0.5, 0.6) is 0 Å². The first kappa shape index (κ1) is 18.2. The molecule has 7 heteroatoms. The smallest absolute Gasteiger partial charge is 0.294 e. The Labute approximate surface area is 156 Å². The SMILES string of the molecule is CCC(CC)NC(=O)c1cn2cc(-c3ccccc3Cl)n(C)c(=O)c2n1. The van der Waals surface area contributed by atoms with E-state index in [1.54, 1.807) is 29.9 Å². The highest BCUT2D eigenvalue weighted by atomic mass is 35.5. The zero-order chi connectivity index (χ0) is 18.8. The molecule has 26 heavy (non-hydrogen) atoms. The number of hydrogen-bond donors (Lipinski definition) is 1. The van der Waals surface area contributed by atoms with Crippen LogP contribution >= 0.6 is 11.6 Å². The van der Waals surface area contributed by atoms with Gasteiger partial charge in [-0.2, -0.15) is 0 Å². The first-order valence-electron chi connectivity index (χ1n) is 8.60. The first-order valence-corrected chi connectivity index (χ1v) is 8.98. The van der Waals surface area contributed by atoms with Crippen molar-refractivity contribution in [3.63, 3.8) is 0 Å². The largest absolute Gasteiger partial charge is 0.348 e. The number of hydrogen-bond acceptors (Lipinski definition) is 3. The molecule has 1 N–H and O–H groups in total. The highest BCUT2D eigenvalue weighted by Gasteiger charge is 2.18. The summed E-state index contributed by atoms with van der Waals surface area (Å²) in [5.74, 6) is -0.274. The Morgan fingerprint density at radius 2 is 1.92 bits per heavy atom. The van der Waals surface area contributed by atoms with Crippen LogP contribution in [0.15, 0.2) is 41.5 Å². The van der Waals surface area contributed by atoms with Crippen LogP contribution in [-0.2, 0) is 7.05 Å². The van der Waals surface area contributed by atoms with Gasteiger partial charge in [-0.05, 0) is 18.9 Å². The summed E-state index contributed by atoms with van der Waals surface area (Å²) >= 11 is 6.27. The molecule has 0 fully saturated rings. The van der Waals surface area contributed by atoms with E-state index in [-0.39, 0.29) is 28.8 Å². The van der Waals surface area contributed by atoms with Crippen LogP contribution in [0.1, 0.15) is 37.2 Å². The van der Waals surface area contributed by atoms with E-state index in [0.29, 0.717) is 10.7 Å². The second-order valence-corrected chi connectivity index (χ2v) is 6.61. The maximum absolute atomic E-state index is 12.7. The quantitative estimate of drug-likeness (QED) is 0.747. The Hall–Kier alpha value is -2.60. The van der Waals surface area contributed by atoms with E-state index in [0.717, 1.165) is 18.4 Å². The highest BCUT2D eigenvalue weighted by Crippen LogP contribution is 2.26. The van der Waals surface area contributed by atoms with Crippen LogP contribution < -0.4 is 10.9 Å². The average Bonchev–Trinajstić information content (AvgIpc) is 3.07. The lowest BCUT2D eigenvalue weighted by Gasteiger charge is -2.13. The number of amides is 1. The van der Waals surface area contributed by atoms with E-state index in [1.807, 2.05) is 32.0 Å². The number of carbonyl (C=O) groups excluding carboxylic acids is 1. The van der Waals surface area contributed by atoms with Crippen LogP contribution in [0.4, 0.5) is 0 Å². The zero-order valence-corrected chi connectivity index (χ0v) is 15.7. The molecule has 6 nitrogen and oxygen atoms in total. The molecule has 0 bridgehead atoms. The second kappa shape index (κ2) is 7.33. The summed E-state index contributed by atoms with van der Waals surface area (Å²) in [5.41, 5.74) is 1.54. The molecule has 2 aromatic heterocycles. The molecule has 136 valence electrons. The van der Waals surface area contributed by atoms with E-state index in [9.17, 15) is 9.59 Å². The standard InChI is InChI=1S/C19H21ClN4O2/c1-4-12(5-2)21-18(25)15-10-24-11-16(13-8-6-7-9-14(13)20)23(3)19(26)17(24)22-15/h6-12H,4-5H2,1-3H3,(H,21,25). The maximum atomic E-state index is 12.7. The molecule has 0 saturated heterocycles. The van der Waals surface area contributed by atoms with Gasteiger partial charge in [0.05, 0.1) is 5.69 Å². The molecule has 1 aromatic carbocycles. The van der Waals surface area contributed by atoms with Crippen molar-refractivity contribution in [2.75, 3.05) is 0 Å². The third-order valence-corrected chi connectivity index (χ3v) is 4.88. The number of carbonyl (C=O) groups is 1. The Balaban J connectivity index is 2.08. The molecule has 2 heterocycles. The van der Waals surface area contributed by atoms with Gasteiger partial charge in [-0.3, -0.25) is 14.0 Å². The van der Waals surface area contributed by atoms with Gasteiger partial charge in [0, 0.05) is 36.1 Å². The molecule has 0 spiro atoms. The fraction of sp³-hybridized carbons (Fsp3) is 0.316. The number of nitrogens with zero attached hydrogens (tertiary/aromatic N) is 3. The van der Waals surface area contributed by atoms with Crippen LogP contribution in [0.2, 0.25) is 5.02 Å². The Kier molecular flexibility index (Phi) is 5.13. The number of fused-ring (bicyclic) bond motifs is 1. The molecule has 0 unspecified atom stereocenters. The number of rotatable bonds is 5. The predicted octanol–water partition coefficient (Wildman–Crippen LogP) is 3.27. The average molecular weight is 373 g/mol. The van der Waals surface area contributed by atoms with Crippen molar-refractivity contribution in [2.45, 2.75) is 32.7 Å². The van der Waals surface area contributed by atoms with Gasteiger partial charge < -0.3 is 9.88 Å². The minimum Gasteiger partial charge on any atom is -0.348 e. The maximum Gasteiger partial charge on any atom is 0.294 e. The van der Waals surface area contributed by atoms with Crippen LogP contribution in [0, 0.1) is 0 Å². The molecule has 0 aliphatic carbocycles. The van der Waals surface area contributed by atoms with Gasteiger partial charge in [-0.15, -0.1) is 0 Å². The number of nitrogens with one attached hydrogen (secondary N) is 1. The summed E-state index contributed by atoms with van der Waals surface area (Å²) in [4.78, 5) is 29.4. The van der Waals surface area contributed by atoms with E-state index >= 15 is 0 Å². The van der Waals surface area contributed by atoms with Gasteiger partial charge in [-0.1, -0.05) is 43.6 Å². The fourth-order valence-corrected chi connectivity index (χ4v) is 3.14. The molecule has 3 aromatic rings. The molecule has 0 aliphatic rings. The second-order valence-electron chi connectivity index (χ2n) is 6.20. The van der Waals surface area contributed by atoms with Crippen LogP contribution in [0.25, 0.3) is 16.9 Å². The van der Waals surface area contributed by atoms with Crippen LogP contribution in [0.3, 0.4) is 0 Å². The molecule has 3 rings (SSSR count). The minimum atomic E-state index is -0.288. The Morgan fingerprint density at radius 1 is 1.23 bits per heavy atom. The van der Waals surface area contributed by atoms with Crippen molar-refractivity contribution in [1.29, 1.82) is 0 Å². The summed E-state index contributed by atoms with van der Waals surface area (Å²) in [5, 5.41) is 3.49. The van der Waals surface area contributed by atoms with Crippen molar-refractivity contribution in [3.05, 3.63) is 57.7 Å². The molecular formula is C19H21ClN4O2. The van der Waals surface area contributed by atoms with Gasteiger partial charge in [0.25, 0.3) is 11.5 Å². The minimum absolute atomic E-state index is 0.0915. The Bertz CT molecular complexity index is 1020. The van der Waals surface area contributed by atoms with Gasteiger partial charge in [0.1, 0.15) is 5.69 Å². The molecule has 0 atom stereocenters. The fourth-order valence-electron chi connectivity index (χ4n) is 2.91. The predicted molar refractivity (Wildman–Crippen MR) is 103 cm³/mol. The number of halogens is 1. The lowest BCUT2D eigenvalue weighted by atomic mass is 10.1. The van der Waals surface area contributed by atoms with Crippen molar-refractivity contribution < 1.29 is 4.79 Å². The molecule has 0 saturated carbocycles. The summed E-state index contributed by atoms with van der Waals surface area (Å²) in [6, 6.07) is 7.40. The summed E-state index contributed by atoms with van der Waals surface area (Å²) < 4.78 is 3.08. The van der Waals surface area contributed by atoms with Crippen molar-refractivity contribution in [1.82, 2.24) is 19.3 Å². The van der Waals surface area contributed by atoms with Crippen molar-refractivity contribution in [2.24, 2.45) is 7.05 Å². The van der Waals surface area contributed by atoms with Crippen molar-refractivity contribution in [3.8, 4) is 11.3 Å². The third-order valence-electron chi connectivity index (χ3n) is 4.55. The van der Waals surface area contributed by atoms with Crippen LogP contribution in [-0.4, -0.2) is 25.9 Å². The highest BCUT2D eigenvalue weighted by molar-refractivity contribution is 6.33. The van der Waals surface area contributed by atoms with E-state index in [4.69, 9.17) is 11.6 Å². The molecule has 0 aliphatic heterocycles. The zero-order valence-electron chi connectivity index (χ0n) is 15.0. The number of imidazole rings is 1. The number of benzene rings is 1. The first-order chi connectivity index (χ1) is 12.5.